The van der Waals surface area contributed by atoms with Gasteiger partial charge in [-0.1, -0.05) is 53.5 Å². The van der Waals surface area contributed by atoms with E-state index in [1.807, 2.05) is 30.3 Å². The lowest BCUT2D eigenvalue weighted by Gasteiger charge is -2.14. The van der Waals surface area contributed by atoms with E-state index in [1.54, 1.807) is 0 Å². The van der Waals surface area contributed by atoms with Gasteiger partial charge >= 0.3 is 5.97 Å². The van der Waals surface area contributed by atoms with Gasteiger partial charge in [0.15, 0.2) is 6.10 Å². The Bertz CT molecular complexity index is 828. The largest absolute Gasteiger partial charge is 0.451 e. The Morgan fingerprint density at radius 3 is 2.37 bits per heavy atom. The van der Waals surface area contributed by atoms with Gasteiger partial charge in [0, 0.05) is 12.1 Å². The highest BCUT2D eigenvalue weighted by molar-refractivity contribution is 6.42. The molecule has 142 valence electrons. The number of amides is 2. The number of carbonyl (C=O) groups excluding carboxylic acids is 3. The number of rotatable bonds is 7. The average Bonchev–Trinajstić information content (AvgIpc) is 2.67. The van der Waals surface area contributed by atoms with Crippen LogP contribution in [0.15, 0.2) is 48.5 Å². The fraction of sp³-hybridized carbons (Fsp3) is 0.211. The maximum Gasteiger partial charge on any atom is 0.326 e. The molecule has 0 saturated heterocycles. The van der Waals surface area contributed by atoms with Gasteiger partial charge in [0.1, 0.15) is 6.54 Å². The summed E-state index contributed by atoms with van der Waals surface area (Å²) in [5.41, 5.74) is 1.18. The van der Waals surface area contributed by atoms with Crippen LogP contribution in [0.5, 0.6) is 0 Å². The van der Waals surface area contributed by atoms with Gasteiger partial charge in [-0.05, 0) is 30.7 Å². The summed E-state index contributed by atoms with van der Waals surface area (Å²) < 4.78 is 5.02. The fourth-order valence-electron chi connectivity index (χ4n) is 2.11. The van der Waals surface area contributed by atoms with Crippen molar-refractivity contribution in [2.45, 2.75) is 19.6 Å². The highest BCUT2D eigenvalue weighted by Crippen LogP contribution is 2.22. The SMILES string of the molecule is C[C@@H](OC(=O)CNC(=O)c1ccc(Cl)c(Cl)c1)C(=O)NCc1ccccc1. The van der Waals surface area contributed by atoms with Crippen molar-refractivity contribution in [1.82, 2.24) is 10.6 Å². The molecule has 2 aromatic carbocycles. The molecule has 1 atom stereocenters. The topological polar surface area (TPSA) is 84.5 Å². The summed E-state index contributed by atoms with van der Waals surface area (Å²) in [6.45, 7) is 1.41. The van der Waals surface area contributed by atoms with E-state index in [9.17, 15) is 14.4 Å². The maximum atomic E-state index is 12.0. The van der Waals surface area contributed by atoms with Crippen LogP contribution in [0.25, 0.3) is 0 Å². The van der Waals surface area contributed by atoms with E-state index in [4.69, 9.17) is 27.9 Å². The van der Waals surface area contributed by atoms with E-state index >= 15 is 0 Å². The summed E-state index contributed by atoms with van der Waals surface area (Å²) in [5, 5.41) is 5.63. The summed E-state index contributed by atoms with van der Waals surface area (Å²) in [4.78, 5) is 35.8. The highest BCUT2D eigenvalue weighted by atomic mass is 35.5. The lowest BCUT2D eigenvalue weighted by molar-refractivity contribution is -0.153. The zero-order valence-corrected chi connectivity index (χ0v) is 16.0. The second kappa shape index (κ2) is 9.94. The summed E-state index contributed by atoms with van der Waals surface area (Å²) in [6.07, 6.45) is -0.983. The van der Waals surface area contributed by atoms with E-state index in [0.29, 0.717) is 11.6 Å². The smallest absolute Gasteiger partial charge is 0.326 e. The third-order valence-electron chi connectivity index (χ3n) is 3.56. The molecule has 6 nitrogen and oxygen atoms in total. The molecule has 0 aliphatic carbocycles. The fourth-order valence-corrected chi connectivity index (χ4v) is 2.41. The second-order valence-electron chi connectivity index (χ2n) is 5.65. The third kappa shape index (κ3) is 6.58. The predicted molar refractivity (Wildman–Crippen MR) is 103 cm³/mol. The van der Waals surface area contributed by atoms with Crippen molar-refractivity contribution in [1.29, 1.82) is 0 Å². The quantitative estimate of drug-likeness (QED) is 0.689. The zero-order chi connectivity index (χ0) is 19.8. The number of benzene rings is 2. The summed E-state index contributed by atoms with van der Waals surface area (Å²) in [6, 6.07) is 13.7. The molecule has 2 aromatic rings. The van der Waals surface area contributed by atoms with Gasteiger partial charge in [-0.15, -0.1) is 0 Å². The van der Waals surface area contributed by atoms with Crippen LogP contribution >= 0.6 is 23.2 Å². The second-order valence-corrected chi connectivity index (χ2v) is 6.46. The van der Waals surface area contributed by atoms with Crippen LogP contribution in [0.4, 0.5) is 0 Å². The molecule has 2 rings (SSSR count). The van der Waals surface area contributed by atoms with E-state index in [2.05, 4.69) is 10.6 Å². The van der Waals surface area contributed by atoms with Gasteiger partial charge in [-0.25, -0.2) is 0 Å². The Kier molecular flexibility index (Phi) is 7.64. The van der Waals surface area contributed by atoms with Gasteiger partial charge in [0.05, 0.1) is 10.0 Å². The highest BCUT2D eigenvalue weighted by Gasteiger charge is 2.18. The summed E-state index contributed by atoms with van der Waals surface area (Å²) >= 11 is 11.6. The normalized spacial score (nSPS) is 11.4. The van der Waals surface area contributed by atoms with Crippen LogP contribution < -0.4 is 10.6 Å². The molecule has 2 N–H and O–H groups in total. The van der Waals surface area contributed by atoms with Gasteiger partial charge in [-0.2, -0.15) is 0 Å². The number of nitrogens with one attached hydrogen (secondary N) is 2. The van der Waals surface area contributed by atoms with E-state index in [-0.39, 0.29) is 17.1 Å². The maximum absolute atomic E-state index is 12.0. The minimum absolute atomic E-state index is 0.232. The molecule has 0 aromatic heterocycles. The number of esters is 1. The molecule has 0 aliphatic rings. The molecular formula is C19H18Cl2N2O4. The molecule has 0 unspecified atom stereocenters. The van der Waals surface area contributed by atoms with Crippen LogP contribution in [0.2, 0.25) is 10.0 Å². The first-order chi connectivity index (χ1) is 12.9. The standard InChI is InChI=1S/C19H18Cl2N2O4/c1-12(18(25)22-10-13-5-3-2-4-6-13)27-17(24)11-23-19(26)14-7-8-15(20)16(21)9-14/h2-9,12H,10-11H2,1H3,(H,22,25)(H,23,26)/t12-/m1/s1. The number of carbonyl (C=O) groups is 3. The van der Waals surface area contributed by atoms with Crippen molar-refractivity contribution < 1.29 is 19.1 Å². The third-order valence-corrected chi connectivity index (χ3v) is 4.30. The van der Waals surface area contributed by atoms with Crippen LogP contribution in [-0.4, -0.2) is 30.4 Å². The van der Waals surface area contributed by atoms with Crippen LogP contribution in [0.3, 0.4) is 0 Å². The van der Waals surface area contributed by atoms with E-state index < -0.39 is 23.9 Å². The van der Waals surface area contributed by atoms with Gasteiger partial charge in [0.25, 0.3) is 11.8 Å². The van der Waals surface area contributed by atoms with Crippen molar-refractivity contribution in [3.63, 3.8) is 0 Å². The van der Waals surface area contributed by atoms with Crippen molar-refractivity contribution in [3.05, 3.63) is 69.7 Å². The first-order valence-electron chi connectivity index (χ1n) is 8.11. The molecule has 0 radical (unpaired) electrons. The monoisotopic (exact) mass is 408 g/mol. The Morgan fingerprint density at radius 2 is 1.70 bits per heavy atom. The molecule has 0 spiro atoms. The minimum atomic E-state index is -0.983. The molecule has 0 heterocycles. The first-order valence-corrected chi connectivity index (χ1v) is 8.87. The number of hydrogen-bond acceptors (Lipinski definition) is 4. The number of hydrogen-bond donors (Lipinski definition) is 2. The zero-order valence-electron chi connectivity index (χ0n) is 14.5. The first kappa shape index (κ1) is 20.7. The average molecular weight is 409 g/mol. The number of halogens is 2. The lowest BCUT2D eigenvalue weighted by Crippen LogP contribution is -2.38. The van der Waals surface area contributed by atoms with Crippen LogP contribution in [-0.2, 0) is 20.9 Å². The summed E-state index contributed by atoms with van der Waals surface area (Å²) in [5.74, 6) is -1.67. The van der Waals surface area contributed by atoms with Gasteiger partial charge in [-0.3, -0.25) is 14.4 Å². The molecular weight excluding hydrogens is 391 g/mol. The molecule has 2 amide bonds. The molecule has 0 aliphatic heterocycles. The Labute approximate surface area is 166 Å². The predicted octanol–water partition coefficient (Wildman–Crippen LogP) is 2.97. The molecule has 0 saturated carbocycles. The Balaban J connectivity index is 1.76. The van der Waals surface area contributed by atoms with Crippen molar-refractivity contribution in [2.24, 2.45) is 0 Å². The van der Waals surface area contributed by atoms with Crippen LogP contribution in [0.1, 0.15) is 22.8 Å². The van der Waals surface area contributed by atoms with Gasteiger partial charge < -0.3 is 15.4 Å². The van der Waals surface area contributed by atoms with Gasteiger partial charge in [0.2, 0.25) is 0 Å². The van der Waals surface area contributed by atoms with Crippen molar-refractivity contribution in [2.75, 3.05) is 6.54 Å². The lowest BCUT2D eigenvalue weighted by atomic mass is 10.2. The number of ether oxygens (including phenoxy) is 1. The molecule has 0 bridgehead atoms. The Morgan fingerprint density at radius 1 is 1.00 bits per heavy atom. The van der Waals surface area contributed by atoms with Crippen molar-refractivity contribution >= 4 is 41.0 Å². The van der Waals surface area contributed by atoms with E-state index in [0.717, 1.165) is 5.56 Å². The van der Waals surface area contributed by atoms with Crippen molar-refractivity contribution in [3.8, 4) is 0 Å². The minimum Gasteiger partial charge on any atom is -0.451 e. The Hall–Kier alpha value is -2.57. The van der Waals surface area contributed by atoms with E-state index in [1.165, 1.54) is 25.1 Å². The van der Waals surface area contributed by atoms with Crippen LogP contribution in [0, 0.1) is 0 Å². The molecule has 0 fully saturated rings. The summed E-state index contributed by atoms with van der Waals surface area (Å²) in [7, 11) is 0. The molecule has 8 heteroatoms. The molecule has 27 heavy (non-hydrogen) atoms.